The van der Waals surface area contributed by atoms with Crippen LogP contribution in [0.15, 0.2) is 71.6 Å². The van der Waals surface area contributed by atoms with Crippen molar-refractivity contribution in [1.29, 1.82) is 0 Å². The number of hydrogen-bond donors (Lipinski definition) is 1. The molecule has 0 saturated carbocycles. The monoisotopic (exact) mass is 492 g/mol. The molecule has 0 aromatic heterocycles. The molecule has 0 spiro atoms. The maximum atomic E-state index is 13.4. The minimum atomic E-state index is -4.01. The van der Waals surface area contributed by atoms with E-state index >= 15 is 0 Å². The molecule has 168 valence electrons. The van der Waals surface area contributed by atoms with Crippen molar-refractivity contribution >= 4 is 44.8 Å². The second-order valence-corrected chi connectivity index (χ2v) is 9.74. The number of rotatable bonds is 8. The third kappa shape index (κ3) is 5.73. The summed E-state index contributed by atoms with van der Waals surface area (Å²) in [6.07, 6.45) is 0. The molecule has 0 fully saturated rings. The van der Waals surface area contributed by atoms with E-state index in [-0.39, 0.29) is 11.4 Å². The highest BCUT2D eigenvalue weighted by Gasteiger charge is 2.27. The van der Waals surface area contributed by atoms with Gasteiger partial charge in [0.1, 0.15) is 12.3 Å². The summed E-state index contributed by atoms with van der Waals surface area (Å²) < 4.78 is 33.0. The predicted molar refractivity (Wildman–Crippen MR) is 127 cm³/mol. The fourth-order valence-electron chi connectivity index (χ4n) is 2.95. The first-order valence-electron chi connectivity index (χ1n) is 9.65. The summed E-state index contributed by atoms with van der Waals surface area (Å²) in [6.45, 7) is 1.64. The van der Waals surface area contributed by atoms with Crippen LogP contribution < -0.4 is 14.4 Å². The second-order valence-electron chi connectivity index (χ2n) is 7.04. The third-order valence-corrected chi connectivity index (χ3v) is 7.12. The number of aryl methyl sites for hydroxylation is 1. The fraction of sp³-hybridized carbons (Fsp3) is 0.174. The van der Waals surface area contributed by atoms with Gasteiger partial charge in [0, 0.05) is 16.6 Å². The zero-order chi connectivity index (χ0) is 23.3. The van der Waals surface area contributed by atoms with Gasteiger partial charge in [-0.3, -0.25) is 9.10 Å². The molecule has 0 bridgehead atoms. The van der Waals surface area contributed by atoms with E-state index in [2.05, 4.69) is 5.32 Å². The van der Waals surface area contributed by atoms with Crippen molar-refractivity contribution in [3.63, 3.8) is 0 Å². The summed E-state index contributed by atoms with van der Waals surface area (Å²) in [6, 6.07) is 17.9. The molecular formula is C23H22Cl2N2O4S. The van der Waals surface area contributed by atoms with Crippen LogP contribution in [0.2, 0.25) is 10.0 Å². The lowest BCUT2D eigenvalue weighted by Gasteiger charge is -2.24. The number of carbonyl (C=O) groups is 1. The van der Waals surface area contributed by atoms with Crippen LogP contribution in [0.3, 0.4) is 0 Å². The number of sulfonamides is 1. The lowest BCUT2D eigenvalue weighted by atomic mass is 10.2. The van der Waals surface area contributed by atoms with Crippen molar-refractivity contribution in [1.82, 2.24) is 5.32 Å². The molecule has 0 atom stereocenters. The first-order valence-corrected chi connectivity index (χ1v) is 11.8. The zero-order valence-corrected chi connectivity index (χ0v) is 19.8. The van der Waals surface area contributed by atoms with Gasteiger partial charge in [0.05, 0.1) is 17.7 Å². The Bertz CT molecular complexity index is 1200. The molecule has 0 aliphatic rings. The number of hydrogen-bond acceptors (Lipinski definition) is 4. The minimum absolute atomic E-state index is 0.0485. The van der Waals surface area contributed by atoms with Crippen molar-refractivity contribution in [2.75, 3.05) is 18.0 Å². The van der Waals surface area contributed by atoms with Gasteiger partial charge in [-0.1, -0.05) is 47.0 Å². The standard InChI is InChI=1S/C23H22Cl2N2O4S/c1-16-3-7-19(8-4-16)27(32(29,30)21-11-9-20(31-2)10-12-21)15-23(28)26-14-17-5-6-18(24)13-22(17)25/h3-13H,14-15H2,1-2H3,(H,26,28). The van der Waals surface area contributed by atoms with E-state index in [9.17, 15) is 13.2 Å². The van der Waals surface area contributed by atoms with E-state index in [0.29, 0.717) is 27.0 Å². The number of anilines is 1. The first-order chi connectivity index (χ1) is 15.2. The number of benzene rings is 3. The van der Waals surface area contributed by atoms with Gasteiger partial charge in [0.15, 0.2) is 0 Å². The highest BCUT2D eigenvalue weighted by Crippen LogP contribution is 2.26. The largest absolute Gasteiger partial charge is 0.497 e. The van der Waals surface area contributed by atoms with Gasteiger partial charge < -0.3 is 10.1 Å². The molecule has 3 rings (SSSR count). The van der Waals surface area contributed by atoms with E-state index < -0.39 is 22.5 Å². The van der Waals surface area contributed by atoms with Crippen LogP contribution in [0.4, 0.5) is 5.69 Å². The van der Waals surface area contributed by atoms with Gasteiger partial charge in [-0.2, -0.15) is 0 Å². The van der Waals surface area contributed by atoms with Gasteiger partial charge in [-0.25, -0.2) is 8.42 Å². The van der Waals surface area contributed by atoms with Gasteiger partial charge >= 0.3 is 0 Å². The first kappa shape index (κ1) is 23.9. The number of methoxy groups -OCH3 is 1. The fourth-order valence-corrected chi connectivity index (χ4v) is 4.84. The van der Waals surface area contributed by atoms with Crippen molar-refractivity contribution in [3.8, 4) is 5.75 Å². The van der Waals surface area contributed by atoms with E-state index in [1.807, 2.05) is 6.92 Å². The Kier molecular flexibility index (Phi) is 7.66. The van der Waals surface area contributed by atoms with Gasteiger partial charge in [-0.15, -0.1) is 0 Å². The van der Waals surface area contributed by atoms with Crippen LogP contribution in [-0.4, -0.2) is 28.0 Å². The molecule has 1 N–H and O–H groups in total. The molecule has 0 unspecified atom stereocenters. The average Bonchev–Trinajstić information content (AvgIpc) is 2.77. The van der Waals surface area contributed by atoms with Crippen LogP contribution in [0.25, 0.3) is 0 Å². The number of ether oxygens (including phenoxy) is 1. The number of halogens is 2. The Morgan fingerprint density at radius 1 is 1.00 bits per heavy atom. The number of carbonyl (C=O) groups excluding carboxylic acids is 1. The average molecular weight is 493 g/mol. The molecule has 1 amide bonds. The molecule has 0 aliphatic heterocycles. The van der Waals surface area contributed by atoms with Crippen LogP contribution in [0.1, 0.15) is 11.1 Å². The van der Waals surface area contributed by atoms with Gasteiger partial charge in [0.2, 0.25) is 5.91 Å². The molecule has 0 saturated heterocycles. The second kappa shape index (κ2) is 10.3. The summed E-state index contributed by atoms with van der Waals surface area (Å²) in [5.74, 6) is 0.0529. The SMILES string of the molecule is COc1ccc(S(=O)(=O)N(CC(=O)NCc2ccc(Cl)cc2Cl)c2ccc(C)cc2)cc1. The van der Waals surface area contributed by atoms with E-state index in [0.717, 1.165) is 9.87 Å². The van der Waals surface area contributed by atoms with E-state index in [4.69, 9.17) is 27.9 Å². The lowest BCUT2D eigenvalue weighted by molar-refractivity contribution is -0.119. The predicted octanol–water partition coefficient (Wildman–Crippen LogP) is 4.82. The molecule has 3 aromatic rings. The molecule has 0 aliphatic carbocycles. The summed E-state index contributed by atoms with van der Waals surface area (Å²) in [4.78, 5) is 12.8. The minimum Gasteiger partial charge on any atom is -0.497 e. The van der Waals surface area contributed by atoms with Crippen molar-refractivity contribution in [3.05, 3.63) is 87.9 Å². The van der Waals surface area contributed by atoms with Crippen molar-refractivity contribution < 1.29 is 17.9 Å². The number of amides is 1. The molecule has 0 radical (unpaired) electrons. The molecule has 0 heterocycles. The van der Waals surface area contributed by atoms with Crippen molar-refractivity contribution in [2.45, 2.75) is 18.4 Å². The summed E-state index contributed by atoms with van der Waals surface area (Å²) in [5.41, 5.74) is 2.02. The van der Waals surface area contributed by atoms with Crippen LogP contribution in [0, 0.1) is 6.92 Å². The molecule has 32 heavy (non-hydrogen) atoms. The zero-order valence-electron chi connectivity index (χ0n) is 17.5. The molecule has 9 heteroatoms. The van der Waals surface area contributed by atoms with Crippen molar-refractivity contribution in [2.24, 2.45) is 0 Å². The normalized spacial score (nSPS) is 11.1. The Balaban J connectivity index is 1.85. The van der Waals surface area contributed by atoms with Gasteiger partial charge in [-0.05, 0) is 61.0 Å². The highest BCUT2D eigenvalue weighted by atomic mass is 35.5. The summed E-state index contributed by atoms with van der Waals surface area (Å²) in [7, 11) is -2.51. The summed E-state index contributed by atoms with van der Waals surface area (Å²) in [5, 5.41) is 3.62. The third-order valence-electron chi connectivity index (χ3n) is 4.75. The Hall–Kier alpha value is -2.74. The highest BCUT2D eigenvalue weighted by molar-refractivity contribution is 7.92. The van der Waals surface area contributed by atoms with E-state index in [1.54, 1.807) is 54.6 Å². The molecule has 3 aromatic carbocycles. The smallest absolute Gasteiger partial charge is 0.264 e. The van der Waals surface area contributed by atoms with E-state index in [1.165, 1.54) is 19.2 Å². The molecular weight excluding hydrogens is 471 g/mol. The topological polar surface area (TPSA) is 75.7 Å². The maximum Gasteiger partial charge on any atom is 0.264 e. The van der Waals surface area contributed by atoms with Crippen LogP contribution in [0.5, 0.6) is 5.75 Å². The Morgan fingerprint density at radius 2 is 1.66 bits per heavy atom. The maximum absolute atomic E-state index is 13.4. The lowest BCUT2D eigenvalue weighted by Crippen LogP contribution is -2.40. The summed E-state index contributed by atoms with van der Waals surface area (Å²) >= 11 is 12.1. The number of nitrogens with one attached hydrogen (secondary N) is 1. The Morgan fingerprint density at radius 3 is 2.25 bits per heavy atom. The van der Waals surface area contributed by atoms with Crippen LogP contribution in [-0.2, 0) is 21.4 Å². The molecule has 6 nitrogen and oxygen atoms in total. The quantitative estimate of drug-likeness (QED) is 0.488. The van der Waals surface area contributed by atoms with Crippen LogP contribution >= 0.6 is 23.2 Å². The number of nitrogens with zero attached hydrogens (tertiary/aromatic N) is 1. The van der Waals surface area contributed by atoms with Gasteiger partial charge in [0.25, 0.3) is 10.0 Å². The Labute approximate surface area is 197 Å².